The molecule has 0 N–H and O–H groups in total. The molecule has 3 aromatic rings. The fraction of sp³-hybridized carbons (Fsp3) is 0. The molecule has 0 aromatic carbocycles. The van der Waals surface area contributed by atoms with Crippen LogP contribution in [0, 0.1) is 0 Å². The molecule has 0 saturated heterocycles. The lowest BCUT2D eigenvalue weighted by molar-refractivity contribution is 0.112. The SMILES string of the molecule is O=Cc1ccc(-c2cccc3ccnn23)s1. The number of pyridine rings is 1. The van der Waals surface area contributed by atoms with E-state index < -0.39 is 0 Å². The first kappa shape index (κ1) is 9.30. The zero-order valence-corrected chi connectivity index (χ0v) is 9.15. The van der Waals surface area contributed by atoms with Crippen LogP contribution in [0.4, 0.5) is 0 Å². The van der Waals surface area contributed by atoms with E-state index in [4.69, 9.17) is 0 Å². The number of carbonyl (C=O) groups excluding carboxylic acids is 1. The van der Waals surface area contributed by atoms with Gasteiger partial charge in [-0.15, -0.1) is 11.3 Å². The summed E-state index contributed by atoms with van der Waals surface area (Å²) in [6.07, 6.45) is 2.64. The molecule has 4 heteroatoms. The van der Waals surface area contributed by atoms with E-state index in [1.807, 2.05) is 40.9 Å². The largest absolute Gasteiger partial charge is 0.297 e. The van der Waals surface area contributed by atoms with Crippen molar-refractivity contribution >= 4 is 23.1 Å². The van der Waals surface area contributed by atoms with Crippen molar-refractivity contribution in [2.45, 2.75) is 0 Å². The summed E-state index contributed by atoms with van der Waals surface area (Å²) in [5, 5.41) is 4.27. The van der Waals surface area contributed by atoms with Crippen LogP contribution in [0.5, 0.6) is 0 Å². The van der Waals surface area contributed by atoms with Crippen LogP contribution < -0.4 is 0 Å². The Kier molecular flexibility index (Phi) is 2.08. The highest BCUT2D eigenvalue weighted by Gasteiger charge is 2.06. The smallest absolute Gasteiger partial charge is 0.160 e. The first-order valence-electron chi connectivity index (χ1n) is 4.86. The van der Waals surface area contributed by atoms with Crippen molar-refractivity contribution in [3.8, 4) is 10.6 Å². The Hall–Kier alpha value is -1.94. The van der Waals surface area contributed by atoms with Crippen molar-refractivity contribution in [1.29, 1.82) is 0 Å². The second-order valence-electron chi connectivity index (χ2n) is 3.40. The number of hydrogen-bond donors (Lipinski definition) is 0. The molecular weight excluding hydrogens is 220 g/mol. The number of aromatic nitrogens is 2. The van der Waals surface area contributed by atoms with E-state index >= 15 is 0 Å². The van der Waals surface area contributed by atoms with E-state index in [9.17, 15) is 4.79 Å². The normalized spacial score (nSPS) is 10.8. The van der Waals surface area contributed by atoms with Gasteiger partial charge in [-0.25, -0.2) is 4.52 Å². The minimum atomic E-state index is 0.735. The quantitative estimate of drug-likeness (QED) is 0.632. The number of nitrogens with zero attached hydrogens (tertiary/aromatic N) is 2. The molecule has 0 bridgehead atoms. The number of aldehydes is 1. The standard InChI is InChI=1S/C12H8N2OS/c15-8-10-4-5-12(16-10)11-3-1-2-9-6-7-13-14(9)11/h1-8H. The van der Waals surface area contributed by atoms with Gasteiger partial charge in [-0.2, -0.15) is 5.10 Å². The predicted molar refractivity (Wildman–Crippen MR) is 63.9 cm³/mol. The summed E-state index contributed by atoms with van der Waals surface area (Å²) in [5.41, 5.74) is 2.07. The van der Waals surface area contributed by atoms with E-state index in [-0.39, 0.29) is 0 Å². The van der Waals surface area contributed by atoms with Crippen LogP contribution in [0.15, 0.2) is 42.6 Å². The molecule has 0 atom stereocenters. The van der Waals surface area contributed by atoms with Gasteiger partial charge in [0, 0.05) is 0 Å². The Balaban J connectivity index is 2.24. The van der Waals surface area contributed by atoms with Gasteiger partial charge in [-0.1, -0.05) is 6.07 Å². The number of rotatable bonds is 2. The summed E-state index contributed by atoms with van der Waals surface area (Å²) in [7, 11) is 0. The van der Waals surface area contributed by atoms with E-state index in [2.05, 4.69) is 5.10 Å². The maximum Gasteiger partial charge on any atom is 0.160 e. The third-order valence-corrected chi connectivity index (χ3v) is 3.45. The molecule has 0 aliphatic carbocycles. The van der Waals surface area contributed by atoms with E-state index in [0.29, 0.717) is 0 Å². The molecule has 0 amide bonds. The van der Waals surface area contributed by atoms with Crippen molar-refractivity contribution in [2.75, 3.05) is 0 Å². The van der Waals surface area contributed by atoms with Crippen molar-refractivity contribution in [1.82, 2.24) is 9.61 Å². The molecule has 3 heterocycles. The zero-order valence-electron chi connectivity index (χ0n) is 8.33. The maximum absolute atomic E-state index is 10.7. The minimum absolute atomic E-state index is 0.735. The van der Waals surface area contributed by atoms with Crippen LogP contribution in [-0.2, 0) is 0 Å². The molecule has 0 spiro atoms. The van der Waals surface area contributed by atoms with Gasteiger partial charge in [0.05, 0.1) is 27.2 Å². The number of fused-ring (bicyclic) bond motifs is 1. The Morgan fingerprint density at radius 1 is 1.19 bits per heavy atom. The highest BCUT2D eigenvalue weighted by molar-refractivity contribution is 7.17. The molecule has 0 fully saturated rings. The minimum Gasteiger partial charge on any atom is -0.297 e. The van der Waals surface area contributed by atoms with Gasteiger partial charge < -0.3 is 0 Å². The average Bonchev–Trinajstić information content (AvgIpc) is 2.97. The van der Waals surface area contributed by atoms with Crippen LogP contribution in [0.1, 0.15) is 9.67 Å². The van der Waals surface area contributed by atoms with E-state index in [1.54, 1.807) is 6.20 Å². The Morgan fingerprint density at radius 2 is 2.12 bits per heavy atom. The van der Waals surface area contributed by atoms with Gasteiger partial charge in [0.1, 0.15) is 0 Å². The number of hydrogen-bond acceptors (Lipinski definition) is 3. The molecule has 3 nitrogen and oxygen atoms in total. The van der Waals surface area contributed by atoms with Crippen molar-refractivity contribution < 1.29 is 4.79 Å². The van der Waals surface area contributed by atoms with Gasteiger partial charge in [0.25, 0.3) is 0 Å². The summed E-state index contributed by atoms with van der Waals surface area (Å²) < 4.78 is 1.88. The van der Waals surface area contributed by atoms with Gasteiger partial charge in [-0.3, -0.25) is 4.79 Å². The highest BCUT2D eigenvalue weighted by atomic mass is 32.1. The lowest BCUT2D eigenvalue weighted by atomic mass is 10.3. The molecule has 78 valence electrons. The summed E-state index contributed by atoms with van der Waals surface area (Å²) in [6, 6.07) is 11.7. The van der Waals surface area contributed by atoms with Gasteiger partial charge in [-0.05, 0) is 30.3 Å². The fourth-order valence-electron chi connectivity index (χ4n) is 1.69. The Labute approximate surface area is 96.0 Å². The molecule has 0 unspecified atom stereocenters. The van der Waals surface area contributed by atoms with Crippen molar-refractivity contribution in [3.63, 3.8) is 0 Å². The first-order chi connectivity index (χ1) is 7.88. The predicted octanol–water partition coefficient (Wildman–Crippen LogP) is 2.88. The number of carbonyl (C=O) groups is 1. The average molecular weight is 228 g/mol. The second kappa shape index (κ2) is 3.57. The van der Waals surface area contributed by atoms with Crippen molar-refractivity contribution in [2.24, 2.45) is 0 Å². The maximum atomic E-state index is 10.7. The summed E-state index contributed by atoms with van der Waals surface area (Å²) in [5.74, 6) is 0. The fourth-order valence-corrected chi connectivity index (χ4v) is 2.52. The molecule has 0 aliphatic heterocycles. The topological polar surface area (TPSA) is 34.4 Å². The lowest BCUT2D eigenvalue weighted by Gasteiger charge is -2.01. The van der Waals surface area contributed by atoms with Crippen LogP contribution in [0.2, 0.25) is 0 Å². The summed E-state index contributed by atoms with van der Waals surface area (Å²) >= 11 is 1.48. The van der Waals surface area contributed by atoms with Crippen LogP contribution in [0.3, 0.4) is 0 Å². The Morgan fingerprint density at radius 3 is 2.94 bits per heavy atom. The monoisotopic (exact) mass is 228 g/mol. The summed E-state index contributed by atoms with van der Waals surface area (Å²) in [4.78, 5) is 12.4. The van der Waals surface area contributed by atoms with Crippen LogP contribution >= 0.6 is 11.3 Å². The van der Waals surface area contributed by atoms with Crippen molar-refractivity contribution in [3.05, 3.63) is 47.5 Å². The first-order valence-corrected chi connectivity index (χ1v) is 5.68. The second-order valence-corrected chi connectivity index (χ2v) is 4.51. The summed E-state index contributed by atoms with van der Waals surface area (Å²) in [6.45, 7) is 0. The lowest BCUT2D eigenvalue weighted by Crippen LogP contribution is -1.90. The highest BCUT2D eigenvalue weighted by Crippen LogP contribution is 2.27. The van der Waals surface area contributed by atoms with Crippen LogP contribution in [-0.4, -0.2) is 15.9 Å². The molecule has 0 saturated carbocycles. The number of thiophene rings is 1. The van der Waals surface area contributed by atoms with Gasteiger partial charge in [0.15, 0.2) is 6.29 Å². The zero-order chi connectivity index (χ0) is 11.0. The molecule has 3 aromatic heterocycles. The van der Waals surface area contributed by atoms with E-state index in [0.717, 1.165) is 27.3 Å². The van der Waals surface area contributed by atoms with Crippen LogP contribution in [0.25, 0.3) is 16.1 Å². The molecular formula is C12H8N2OS. The molecule has 0 aliphatic rings. The third kappa shape index (κ3) is 1.35. The van der Waals surface area contributed by atoms with Gasteiger partial charge in [0.2, 0.25) is 0 Å². The van der Waals surface area contributed by atoms with E-state index in [1.165, 1.54) is 11.3 Å². The molecule has 16 heavy (non-hydrogen) atoms. The van der Waals surface area contributed by atoms with Gasteiger partial charge >= 0.3 is 0 Å². The molecule has 0 radical (unpaired) electrons. The third-order valence-electron chi connectivity index (χ3n) is 2.42. The molecule has 3 rings (SSSR count). The Bertz CT molecular complexity index is 654.